The summed E-state index contributed by atoms with van der Waals surface area (Å²) in [4.78, 5) is 0. The van der Waals surface area contributed by atoms with Crippen molar-refractivity contribution < 1.29 is 18.3 Å². The summed E-state index contributed by atoms with van der Waals surface area (Å²) in [7, 11) is 0. The third kappa shape index (κ3) is 4.93. The highest BCUT2D eigenvalue weighted by molar-refractivity contribution is 5.46. The number of hydrogen-bond acceptors (Lipinski definition) is 4. The van der Waals surface area contributed by atoms with Crippen LogP contribution in [0, 0.1) is 11.3 Å². The Hall–Kier alpha value is -2.65. The number of rotatable bonds is 8. The lowest BCUT2D eigenvalue weighted by Crippen LogP contribution is -2.15. The summed E-state index contributed by atoms with van der Waals surface area (Å²) in [6.07, 6.45) is 0. The molecular weight excluding hydrogens is 314 g/mol. The lowest BCUT2D eigenvalue weighted by Gasteiger charge is -2.15. The molecule has 0 radical (unpaired) electrons. The second kappa shape index (κ2) is 8.85. The van der Waals surface area contributed by atoms with Gasteiger partial charge in [-0.05, 0) is 30.7 Å². The Kier molecular flexibility index (Phi) is 6.52. The molecule has 126 valence electrons. The summed E-state index contributed by atoms with van der Waals surface area (Å²) in [6.45, 7) is 0.120. The van der Waals surface area contributed by atoms with Gasteiger partial charge in [-0.15, -0.1) is 0 Å². The lowest BCUT2D eigenvalue weighted by molar-refractivity contribution is -0.0521. The largest absolute Gasteiger partial charge is 0.490 e. The first-order valence-corrected chi connectivity index (χ1v) is 7.53. The Morgan fingerprint density at radius 3 is 2.50 bits per heavy atom. The van der Waals surface area contributed by atoms with Crippen LogP contribution in [0.5, 0.6) is 11.5 Å². The van der Waals surface area contributed by atoms with E-state index in [9.17, 15) is 8.78 Å². The van der Waals surface area contributed by atoms with E-state index in [1.807, 2.05) is 12.1 Å². The summed E-state index contributed by atoms with van der Waals surface area (Å²) >= 11 is 0. The molecule has 0 fully saturated rings. The highest BCUT2D eigenvalue weighted by Gasteiger charge is 2.15. The number of nitrogens with one attached hydrogen (secondary N) is 1. The van der Waals surface area contributed by atoms with Crippen molar-refractivity contribution >= 4 is 0 Å². The van der Waals surface area contributed by atoms with E-state index in [4.69, 9.17) is 10.00 Å². The molecule has 0 unspecified atom stereocenters. The predicted octanol–water partition coefficient (Wildman–Crippen LogP) is 3.85. The molecule has 0 amide bonds. The third-order valence-corrected chi connectivity index (χ3v) is 3.29. The first kappa shape index (κ1) is 17.7. The highest BCUT2D eigenvalue weighted by Crippen LogP contribution is 2.32. The fourth-order valence-corrected chi connectivity index (χ4v) is 2.23. The van der Waals surface area contributed by atoms with Gasteiger partial charge in [0.15, 0.2) is 11.5 Å². The summed E-state index contributed by atoms with van der Waals surface area (Å²) in [6, 6.07) is 14.3. The predicted molar refractivity (Wildman–Crippen MR) is 85.9 cm³/mol. The number of hydrogen-bond donors (Lipinski definition) is 1. The molecule has 0 aliphatic carbocycles. The van der Waals surface area contributed by atoms with Gasteiger partial charge in [-0.2, -0.15) is 14.0 Å². The minimum atomic E-state index is -2.91. The van der Waals surface area contributed by atoms with E-state index in [1.165, 1.54) is 0 Å². The van der Waals surface area contributed by atoms with Crippen LogP contribution < -0.4 is 14.8 Å². The van der Waals surface area contributed by atoms with E-state index in [0.29, 0.717) is 36.6 Å². The molecule has 4 nitrogen and oxygen atoms in total. The summed E-state index contributed by atoms with van der Waals surface area (Å²) in [5.74, 6) is 0.358. The van der Waals surface area contributed by atoms with Gasteiger partial charge in [-0.1, -0.05) is 24.3 Å². The van der Waals surface area contributed by atoms with E-state index in [0.717, 1.165) is 5.56 Å². The van der Waals surface area contributed by atoms with Gasteiger partial charge in [-0.25, -0.2) is 0 Å². The maximum Gasteiger partial charge on any atom is 0.387 e. The number of nitriles is 1. The first-order chi connectivity index (χ1) is 11.6. The average Bonchev–Trinajstić information content (AvgIpc) is 2.58. The van der Waals surface area contributed by atoms with E-state index in [-0.39, 0.29) is 5.75 Å². The topological polar surface area (TPSA) is 54.3 Å². The smallest absolute Gasteiger partial charge is 0.387 e. The van der Waals surface area contributed by atoms with Crippen molar-refractivity contribution in [2.75, 3.05) is 6.61 Å². The molecule has 2 aromatic carbocycles. The van der Waals surface area contributed by atoms with Gasteiger partial charge in [0.1, 0.15) is 0 Å². The minimum absolute atomic E-state index is 0.0571. The van der Waals surface area contributed by atoms with Crippen LogP contribution in [0.3, 0.4) is 0 Å². The van der Waals surface area contributed by atoms with Crippen molar-refractivity contribution in [2.24, 2.45) is 0 Å². The van der Waals surface area contributed by atoms with Gasteiger partial charge in [0.2, 0.25) is 0 Å². The van der Waals surface area contributed by atoms with Gasteiger partial charge in [0, 0.05) is 18.7 Å². The van der Waals surface area contributed by atoms with Gasteiger partial charge in [0.25, 0.3) is 0 Å². The normalized spacial score (nSPS) is 10.5. The van der Waals surface area contributed by atoms with Crippen LogP contribution in [0.1, 0.15) is 23.6 Å². The molecule has 2 aromatic rings. The van der Waals surface area contributed by atoms with Crippen molar-refractivity contribution in [3.8, 4) is 17.6 Å². The fraction of sp³-hybridized carbons (Fsp3) is 0.278. The van der Waals surface area contributed by atoms with E-state index in [1.54, 1.807) is 37.3 Å². The van der Waals surface area contributed by atoms with Crippen molar-refractivity contribution in [3.05, 3.63) is 59.2 Å². The fourth-order valence-electron chi connectivity index (χ4n) is 2.23. The Morgan fingerprint density at radius 2 is 1.88 bits per heavy atom. The highest BCUT2D eigenvalue weighted by atomic mass is 19.3. The Balaban J connectivity index is 2.05. The van der Waals surface area contributed by atoms with Crippen LogP contribution in [0.2, 0.25) is 0 Å². The molecule has 0 spiro atoms. The Labute approximate surface area is 139 Å². The molecule has 6 heteroatoms. The second-order valence-electron chi connectivity index (χ2n) is 4.97. The van der Waals surface area contributed by atoms with Crippen LogP contribution in [0.25, 0.3) is 0 Å². The number of nitrogens with zero attached hydrogens (tertiary/aromatic N) is 1. The second-order valence-corrected chi connectivity index (χ2v) is 4.97. The lowest BCUT2D eigenvalue weighted by atomic mass is 10.1. The average molecular weight is 332 g/mol. The number of alkyl halides is 2. The van der Waals surface area contributed by atoms with Crippen LogP contribution in [0.4, 0.5) is 8.78 Å². The summed E-state index contributed by atoms with van der Waals surface area (Å²) < 4.78 is 35.3. The quantitative estimate of drug-likeness (QED) is 0.798. The maximum atomic E-state index is 12.7. The number of halogens is 2. The van der Waals surface area contributed by atoms with Crippen LogP contribution >= 0.6 is 0 Å². The SMILES string of the molecule is CCOc1cccc(CNCc2ccc(C#N)cc2)c1OC(F)F. The first-order valence-electron chi connectivity index (χ1n) is 7.53. The van der Waals surface area contributed by atoms with Crippen molar-refractivity contribution in [1.29, 1.82) is 5.26 Å². The van der Waals surface area contributed by atoms with Gasteiger partial charge >= 0.3 is 6.61 Å². The zero-order chi connectivity index (χ0) is 17.4. The molecule has 0 aliphatic heterocycles. The zero-order valence-electron chi connectivity index (χ0n) is 13.3. The molecule has 0 saturated heterocycles. The van der Waals surface area contributed by atoms with E-state index < -0.39 is 6.61 Å². The molecule has 0 aliphatic rings. The van der Waals surface area contributed by atoms with Gasteiger partial charge in [0.05, 0.1) is 18.2 Å². The zero-order valence-corrected chi connectivity index (χ0v) is 13.3. The van der Waals surface area contributed by atoms with Crippen LogP contribution in [-0.4, -0.2) is 13.2 Å². The molecule has 24 heavy (non-hydrogen) atoms. The Morgan fingerprint density at radius 1 is 1.12 bits per heavy atom. The van der Waals surface area contributed by atoms with Crippen LogP contribution in [-0.2, 0) is 13.1 Å². The van der Waals surface area contributed by atoms with Crippen molar-refractivity contribution in [2.45, 2.75) is 26.6 Å². The molecule has 2 rings (SSSR count). The summed E-state index contributed by atoms with van der Waals surface area (Å²) in [5.41, 5.74) is 2.18. The maximum absolute atomic E-state index is 12.7. The van der Waals surface area contributed by atoms with Gasteiger partial charge in [-0.3, -0.25) is 0 Å². The molecule has 0 bridgehead atoms. The molecule has 0 saturated carbocycles. The van der Waals surface area contributed by atoms with Crippen molar-refractivity contribution in [3.63, 3.8) is 0 Å². The molecule has 0 heterocycles. The Bertz CT molecular complexity index is 697. The number of para-hydroxylation sites is 1. The molecule has 0 aromatic heterocycles. The molecule has 0 atom stereocenters. The third-order valence-electron chi connectivity index (χ3n) is 3.29. The van der Waals surface area contributed by atoms with Gasteiger partial charge < -0.3 is 14.8 Å². The van der Waals surface area contributed by atoms with E-state index >= 15 is 0 Å². The minimum Gasteiger partial charge on any atom is -0.490 e. The number of benzene rings is 2. The van der Waals surface area contributed by atoms with E-state index in [2.05, 4.69) is 16.1 Å². The standard InChI is InChI=1S/C18H18F2N2O2/c1-2-23-16-5-3-4-15(17(16)24-18(19)20)12-22-11-14-8-6-13(10-21)7-9-14/h3-9,18,22H,2,11-12H2,1H3. The monoisotopic (exact) mass is 332 g/mol. The molecule has 1 N–H and O–H groups in total. The number of ether oxygens (including phenoxy) is 2. The summed E-state index contributed by atoms with van der Waals surface area (Å²) in [5, 5.41) is 11.9. The molecular formula is C18H18F2N2O2. The van der Waals surface area contributed by atoms with Crippen LogP contribution in [0.15, 0.2) is 42.5 Å². The van der Waals surface area contributed by atoms with Crippen molar-refractivity contribution in [1.82, 2.24) is 5.32 Å².